The summed E-state index contributed by atoms with van der Waals surface area (Å²) in [6.07, 6.45) is 7.19. The first-order valence-electron chi connectivity index (χ1n) is 7.26. The maximum atomic E-state index is 3.86. The molecule has 0 spiro atoms. The molecule has 2 nitrogen and oxygen atoms in total. The summed E-state index contributed by atoms with van der Waals surface area (Å²) < 4.78 is 0. The zero-order valence-electron chi connectivity index (χ0n) is 10.8. The van der Waals surface area contributed by atoms with Crippen molar-refractivity contribution in [3.63, 3.8) is 0 Å². The highest BCUT2D eigenvalue weighted by Gasteiger charge is 2.44. The van der Waals surface area contributed by atoms with Gasteiger partial charge in [0.1, 0.15) is 0 Å². The number of hydrogen-bond acceptors (Lipinski definition) is 2. The molecule has 2 saturated heterocycles. The van der Waals surface area contributed by atoms with Gasteiger partial charge in [-0.15, -0.1) is 0 Å². The zero-order chi connectivity index (χ0) is 11.1. The molecule has 2 heterocycles. The standard InChI is InChI=1S/C14H26N2/c1-10(2)14-12-6-3-7-13(12)15-9-11-5-4-8-16(11)14/h10-15H,3-9H2,1-2H3/t11?,12-,13?,14+/m1/s1. The van der Waals surface area contributed by atoms with Gasteiger partial charge in [0, 0.05) is 24.7 Å². The highest BCUT2D eigenvalue weighted by molar-refractivity contribution is 5.00. The Kier molecular flexibility index (Phi) is 2.97. The predicted octanol–water partition coefficient (Wildman–Crippen LogP) is 2.25. The normalized spacial score (nSPS) is 44.4. The average Bonchev–Trinajstić information content (AvgIpc) is 2.84. The Hall–Kier alpha value is -0.0800. The van der Waals surface area contributed by atoms with Crippen LogP contribution in [-0.2, 0) is 0 Å². The second-order valence-electron chi connectivity index (χ2n) is 6.38. The van der Waals surface area contributed by atoms with E-state index in [2.05, 4.69) is 24.1 Å². The van der Waals surface area contributed by atoms with Crippen molar-refractivity contribution in [1.82, 2.24) is 10.2 Å². The summed E-state index contributed by atoms with van der Waals surface area (Å²) in [5.74, 6) is 1.76. The smallest absolute Gasteiger partial charge is 0.0224 e. The summed E-state index contributed by atoms with van der Waals surface area (Å²) in [5.41, 5.74) is 0. The summed E-state index contributed by atoms with van der Waals surface area (Å²) in [4.78, 5) is 2.85. The Labute approximate surface area is 99.8 Å². The lowest BCUT2D eigenvalue weighted by Gasteiger charge is -2.38. The Bertz CT molecular complexity index is 229. The van der Waals surface area contributed by atoms with E-state index in [4.69, 9.17) is 0 Å². The van der Waals surface area contributed by atoms with Crippen molar-refractivity contribution < 1.29 is 0 Å². The number of nitrogens with zero attached hydrogens (tertiary/aromatic N) is 1. The van der Waals surface area contributed by atoms with Gasteiger partial charge in [-0.05, 0) is 44.1 Å². The molecule has 0 aromatic carbocycles. The molecular formula is C14H26N2. The highest BCUT2D eigenvalue weighted by Crippen LogP contribution is 2.39. The molecule has 1 saturated carbocycles. The van der Waals surface area contributed by atoms with Crippen LogP contribution in [0.3, 0.4) is 0 Å². The minimum absolute atomic E-state index is 0.825. The Balaban J connectivity index is 1.86. The Morgan fingerprint density at radius 2 is 2.00 bits per heavy atom. The predicted molar refractivity (Wildman–Crippen MR) is 67.5 cm³/mol. The van der Waals surface area contributed by atoms with Crippen LogP contribution in [0.15, 0.2) is 0 Å². The van der Waals surface area contributed by atoms with Gasteiger partial charge in [-0.2, -0.15) is 0 Å². The van der Waals surface area contributed by atoms with Crippen molar-refractivity contribution >= 4 is 0 Å². The van der Waals surface area contributed by atoms with Gasteiger partial charge in [0.2, 0.25) is 0 Å². The van der Waals surface area contributed by atoms with Gasteiger partial charge in [-0.3, -0.25) is 4.90 Å². The zero-order valence-corrected chi connectivity index (χ0v) is 10.8. The molecule has 3 rings (SSSR count). The molecule has 3 fully saturated rings. The molecule has 3 aliphatic rings. The highest BCUT2D eigenvalue weighted by atomic mass is 15.3. The fraction of sp³-hybridized carbons (Fsp3) is 1.00. The van der Waals surface area contributed by atoms with Crippen molar-refractivity contribution in [3.8, 4) is 0 Å². The third kappa shape index (κ3) is 1.70. The first-order valence-corrected chi connectivity index (χ1v) is 7.26. The van der Waals surface area contributed by atoms with E-state index < -0.39 is 0 Å². The molecular weight excluding hydrogens is 196 g/mol. The summed E-state index contributed by atoms with van der Waals surface area (Å²) in [6.45, 7) is 7.48. The van der Waals surface area contributed by atoms with Crippen LogP contribution < -0.4 is 5.32 Å². The SMILES string of the molecule is CC(C)[C@H]1[C@@H]2CCCC2NCC2CCCN21. The minimum atomic E-state index is 0.825. The molecule has 2 heteroatoms. The first kappa shape index (κ1) is 11.0. The molecule has 4 atom stereocenters. The Morgan fingerprint density at radius 3 is 2.81 bits per heavy atom. The Morgan fingerprint density at radius 1 is 1.12 bits per heavy atom. The van der Waals surface area contributed by atoms with E-state index in [9.17, 15) is 0 Å². The molecule has 0 bridgehead atoms. The van der Waals surface area contributed by atoms with Crippen LogP contribution in [0, 0.1) is 11.8 Å². The van der Waals surface area contributed by atoms with Crippen molar-refractivity contribution in [2.45, 2.75) is 64.1 Å². The quantitative estimate of drug-likeness (QED) is 0.732. The second-order valence-corrected chi connectivity index (χ2v) is 6.38. The van der Waals surface area contributed by atoms with Crippen LogP contribution in [0.4, 0.5) is 0 Å². The number of nitrogens with one attached hydrogen (secondary N) is 1. The van der Waals surface area contributed by atoms with Gasteiger partial charge in [-0.25, -0.2) is 0 Å². The van der Waals surface area contributed by atoms with E-state index in [1.165, 1.54) is 45.2 Å². The van der Waals surface area contributed by atoms with Gasteiger partial charge in [0.05, 0.1) is 0 Å². The average molecular weight is 222 g/mol. The van der Waals surface area contributed by atoms with E-state index in [0.717, 1.165) is 30.0 Å². The van der Waals surface area contributed by atoms with Gasteiger partial charge in [0.25, 0.3) is 0 Å². The molecule has 92 valence electrons. The molecule has 0 amide bonds. The van der Waals surface area contributed by atoms with E-state index >= 15 is 0 Å². The maximum absolute atomic E-state index is 3.86. The summed E-state index contributed by atoms with van der Waals surface area (Å²) >= 11 is 0. The number of fused-ring (bicyclic) bond motifs is 2. The summed E-state index contributed by atoms with van der Waals surface area (Å²) in [6, 6.07) is 2.53. The van der Waals surface area contributed by atoms with Gasteiger partial charge in [-0.1, -0.05) is 20.3 Å². The van der Waals surface area contributed by atoms with Crippen molar-refractivity contribution in [2.24, 2.45) is 11.8 Å². The van der Waals surface area contributed by atoms with E-state index in [1.54, 1.807) is 0 Å². The van der Waals surface area contributed by atoms with Gasteiger partial charge < -0.3 is 5.32 Å². The molecule has 0 aromatic rings. The third-order valence-corrected chi connectivity index (χ3v) is 5.11. The first-order chi connectivity index (χ1) is 7.77. The van der Waals surface area contributed by atoms with E-state index in [1.807, 2.05) is 0 Å². The topological polar surface area (TPSA) is 15.3 Å². The number of rotatable bonds is 1. The van der Waals surface area contributed by atoms with E-state index in [0.29, 0.717) is 0 Å². The van der Waals surface area contributed by atoms with Crippen LogP contribution in [0.5, 0.6) is 0 Å². The van der Waals surface area contributed by atoms with Crippen LogP contribution in [0.2, 0.25) is 0 Å². The lowest BCUT2D eigenvalue weighted by atomic mass is 9.86. The molecule has 0 radical (unpaired) electrons. The lowest BCUT2D eigenvalue weighted by Crippen LogP contribution is -2.46. The van der Waals surface area contributed by atoms with Crippen molar-refractivity contribution in [1.29, 1.82) is 0 Å². The number of hydrogen-bond donors (Lipinski definition) is 1. The molecule has 0 aromatic heterocycles. The van der Waals surface area contributed by atoms with Gasteiger partial charge >= 0.3 is 0 Å². The summed E-state index contributed by atoms with van der Waals surface area (Å²) in [5, 5.41) is 3.86. The largest absolute Gasteiger partial charge is 0.312 e. The van der Waals surface area contributed by atoms with Crippen LogP contribution in [0.1, 0.15) is 46.0 Å². The molecule has 1 aliphatic carbocycles. The van der Waals surface area contributed by atoms with Crippen molar-refractivity contribution in [3.05, 3.63) is 0 Å². The maximum Gasteiger partial charge on any atom is 0.0224 e. The van der Waals surface area contributed by atoms with Crippen LogP contribution in [-0.4, -0.2) is 36.1 Å². The third-order valence-electron chi connectivity index (χ3n) is 5.11. The molecule has 16 heavy (non-hydrogen) atoms. The second kappa shape index (κ2) is 4.30. The monoisotopic (exact) mass is 222 g/mol. The summed E-state index contributed by atoms with van der Waals surface area (Å²) in [7, 11) is 0. The fourth-order valence-corrected chi connectivity index (χ4v) is 4.53. The fourth-order valence-electron chi connectivity index (χ4n) is 4.53. The molecule has 2 unspecified atom stereocenters. The molecule has 2 aliphatic heterocycles. The van der Waals surface area contributed by atoms with Crippen molar-refractivity contribution in [2.75, 3.05) is 13.1 Å². The van der Waals surface area contributed by atoms with Crippen LogP contribution in [0.25, 0.3) is 0 Å². The van der Waals surface area contributed by atoms with E-state index in [-0.39, 0.29) is 0 Å². The molecule has 1 N–H and O–H groups in total. The lowest BCUT2D eigenvalue weighted by molar-refractivity contribution is 0.105. The van der Waals surface area contributed by atoms with Gasteiger partial charge in [0.15, 0.2) is 0 Å². The minimum Gasteiger partial charge on any atom is -0.312 e. The van der Waals surface area contributed by atoms with Crippen LogP contribution >= 0.6 is 0 Å².